The molecular weight excluding hydrogens is 330 g/mol. The van der Waals surface area contributed by atoms with Crippen molar-refractivity contribution in [2.75, 3.05) is 0 Å². The second-order valence-corrected chi connectivity index (χ2v) is 4.48. The maximum Gasteiger partial charge on any atom is 0.446 e. The molecule has 0 radical (unpaired) electrons. The van der Waals surface area contributed by atoms with Crippen molar-refractivity contribution in [3.63, 3.8) is 0 Å². The molecule has 0 bridgehead atoms. The molecule has 0 saturated carbocycles. The van der Waals surface area contributed by atoms with E-state index in [0.717, 1.165) is 0 Å². The highest BCUT2D eigenvalue weighted by atomic mass is 32.2. The fraction of sp³-hybridized carbons (Fsp3) is 0.333. The molecule has 114 valence electrons. The highest BCUT2D eigenvalue weighted by Gasteiger charge is 2.47. The van der Waals surface area contributed by atoms with Gasteiger partial charge < -0.3 is 0 Å². The molecule has 20 heavy (non-hydrogen) atoms. The lowest BCUT2D eigenvalue weighted by Crippen LogP contribution is -2.19. The molecule has 11 heteroatoms. The first-order valence-electron chi connectivity index (χ1n) is 4.45. The maximum absolute atomic E-state index is 12.9. The highest BCUT2D eigenvalue weighted by Crippen LogP contribution is 2.48. The highest BCUT2D eigenvalue weighted by molar-refractivity contribution is 8.00. The lowest BCUT2D eigenvalue weighted by molar-refractivity contribution is -0.164. The van der Waals surface area contributed by atoms with Gasteiger partial charge in [-0.1, -0.05) is 0 Å². The fourth-order valence-corrected chi connectivity index (χ4v) is 2.05. The normalized spacial score (nSPS) is 13.7. The molecule has 0 spiro atoms. The van der Waals surface area contributed by atoms with Crippen molar-refractivity contribution in [1.82, 2.24) is 0 Å². The van der Waals surface area contributed by atoms with E-state index in [1.54, 1.807) is 0 Å². The number of thioether (sulfide) groups is 1. The summed E-state index contributed by atoms with van der Waals surface area (Å²) < 4.78 is 124. The summed E-state index contributed by atoms with van der Waals surface area (Å²) in [6.07, 6.45) is -11.4. The van der Waals surface area contributed by atoms with E-state index in [1.165, 1.54) is 0 Å². The van der Waals surface area contributed by atoms with Gasteiger partial charge in [-0.2, -0.15) is 39.5 Å². The van der Waals surface area contributed by atoms with Crippen molar-refractivity contribution in [1.29, 1.82) is 0 Å². The zero-order valence-corrected chi connectivity index (χ0v) is 9.66. The minimum Gasteiger partial charge on any atom is -0.207 e. The van der Waals surface area contributed by atoms with E-state index in [1.807, 2.05) is 0 Å². The molecule has 1 aromatic rings. The van der Waals surface area contributed by atoms with Gasteiger partial charge in [0.15, 0.2) is 0 Å². The molecule has 0 N–H and O–H groups in total. The summed E-state index contributed by atoms with van der Waals surface area (Å²) in [5.74, 6) is -1.85. The Hall–Kier alpha value is -1.13. The first-order valence-corrected chi connectivity index (χ1v) is 5.27. The van der Waals surface area contributed by atoms with Gasteiger partial charge in [-0.05, 0) is 23.9 Å². The summed E-state index contributed by atoms with van der Waals surface area (Å²) in [4.78, 5) is -1.89. The van der Waals surface area contributed by atoms with Crippen LogP contribution in [-0.4, -0.2) is 5.51 Å². The zero-order valence-electron chi connectivity index (χ0n) is 8.84. The van der Waals surface area contributed by atoms with Crippen molar-refractivity contribution in [3.05, 3.63) is 29.1 Å². The second kappa shape index (κ2) is 5.01. The Morgan fingerprint density at radius 1 is 0.750 bits per heavy atom. The van der Waals surface area contributed by atoms with Crippen LogP contribution in [-0.2, 0) is 12.4 Å². The van der Waals surface area contributed by atoms with Crippen molar-refractivity contribution in [2.24, 2.45) is 0 Å². The largest absolute Gasteiger partial charge is 0.446 e. The van der Waals surface area contributed by atoms with E-state index < -0.39 is 57.5 Å². The van der Waals surface area contributed by atoms with Gasteiger partial charge in [0, 0.05) is 4.90 Å². The molecule has 1 aromatic carbocycles. The van der Waals surface area contributed by atoms with Crippen LogP contribution in [0.25, 0.3) is 0 Å². The van der Waals surface area contributed by atoms with Gasteiger partial charge in [-0.3, -0.25) is 0 Å². The van der Waals surface area contributed by atoms with Crippen LogP contribution >= 0.6 is 11.8 Å². The van der Waals surface area contributed by atoms with Gasteiger partial charge in [0.1, 0.15) is 5.82 Å². The van der Waals surface area contributed by atoms with Crippen molar-refractivity contribution in [2.45, 2.75) is 22.8 Å². The molecule has 0 heterocycles. The average molecular weight is 332 g/mol. The summed E-state index contributed by atoms with van der Waals surface area (Å²) in [5.41, 5.74) is -10.4. The van der Waals surface area contributed by atoms with E-state index in [2.05, 4.69) is 0 Å². The lowest BCUT2D eigenvalue weighted by Gasteiger charge is -2.19. The molecule has 0 aliphatic carbocycles. The third kappa shape index (κ3) is 4.18. The van der Waals surface area contributed by atoms with Gasteiger partial charge in [-0.25, -0.2) is 4.39 Å². The van der Waals surface area contributed by atoms with E-state index >= 15 is 0 Å². The molecule has 0 fully saturated rings. The number of rotatable bonds is 1. The topological polar surface area (TPSA) is 0 Å². The Morgan fingerprint density at radius 3 is 1.60 bits per heavy atom. The smallest absolute Gasteiger partial charge is 0.207 e. The van der Waals surface area contributed by atoms with Crippen LogP contribution in [0, 0.1) is 5.82 Å². The van der Waals surface area contributed by atoms with Crippen LogP contribution in [0.2, 0.25) is 0 Å². The van der Waals surface area contributed by atoms with Crippen LogP contribution < -0.4 is 0 Å². The first kappa shape index (κ1) is 16.9. The van der Waals surface area contributed by atoms with Crippen LogP contribution in [0.5, 0.6) is 0 Å². The maximum atomic E-state index is 12.9. The molecule has 0 atom stereocenters. The Bertz CT molecular complexity index is 495. The van der Waals surface area contributed by atoms with E-state index in [-0.39, 0.29) is 6.07 Å². The van der Waals surface area contributed by atoms with Gasteiger partial charge >= 0.3 is 17.9 Å². The monoisotopic (exact) mass is 332 g/mol. The summed E-state index contributed by atoms with van der Waals surface area (Å²) in [5, 5.41) is 0. The van der Waals surface area contributed by atoms with Crippen LogP contribution in [0.3, 0.4) is 0 Å². The van der Waals surface area contributed by atoms with Crippen LogP contribution in [0.4, 0.5) is 43.9 Å². The predicted molar refractivity (Wildman–Crippen MR) is 48.3 cm³/mol. The molecule has 0 aliphatic rings. The van der Waals surface area contributed by atoms with Crippen molar-refractivity contribution >= 4 is 11.8 Å². The Morgan fingerprint density at radius 2 is 1.25 bits per heavy atom. The predicted octanol–water partition coefficient (Wildman–Crippen LogP) is 5.48. The van der Waals surface area contributed by atoms with Crippen LogP contribution in [0.15, 0.2) is 17.0 Å². The average Bonchev–Trinajstić information content (AvgIpc) is 2.09. The Labute approximate surface area is 108 Å². The molecule has 0 amide bonds. The third-order valence-corrected chi connectivity index (χ3v) is 2.65. The molecule has 0 unspecified atom stereocenters. The Kier molecular flexibility index (Phi) is 4.24. The van der Waals surface area contributed by atoms with E-state index in [4.69, 9.17) is 0 Å². The van der Waals surface area contributed by atoms with E-state index in [0.29, 0.717) is 0 Å². The third-order valence-electron chi connectivity index (χ3n) is 1.88. The van der Waals surface area contributed by atoms with Gasteiger partial charge in [0.2, 0.25) is 0 Å². The fourth-order valence-electron chi connectivity index (χ4n) is 1.30. The minimum absolute atomic E-state index is 0.240. The first-order chi connectivity index (χ1) is 8.72. The molecule has 0 aromatic heterocycles. The summed E-state index contributed by atoms with van der Waals surface area (Å²) in [7, 11) is 0. The SMILES string of the molecule is Fc1cc(SC(F)(F)F)c(C(F)(F)F)c(C(F)(F)F)c1. The van der Waals surface area contributed by atoms with Gasteiger partial charge in [0.25, 0.3) is 0 Å². The number of hydrogen-bond acceptors (Lipinski definition) is 1. The molecule has 1 rings (SSSR count). The quantitative estimate of drug-likeness (QED) is 0.485. The zero-order chi connectivity index (χ0) is 15.9. The summed E-state index contributed by atoms with van der Waals surface area (Å²) >= 11 is -1.46. The summed E-state index contributed by atoms with van der Waals surface area (Å²) in [6, 6.07) is -0.737. The lowest BCUT2D eigenvalue weighted by atomic mass is 10.1. The van der Waals surface area contributed by atoms with Crippen LogP contribution in [0.1, 0.15) is 11.1 Å². The molecule has 0 saturated heterocycles. The van der Waals surface area contributed by atoms with Gasteiger partial charge in [0.05, 0.1) is 11.1 Å². The number of alkyl halides is 9. The standard InChI is InChI=1S/C9H2F10S/c10-3-1-4(7(11,12)13)6(8(14,15)16)5(2-3)20-9(17,18)19/h1-2H. The Balaban J connectivity index is 3.62. The number of halogens is 10. The summed E-state index contributed by atoms with van der Waals surface area (Å²) in [6.45, 7) is 0. The molecule has 0 nitrogen and oxygen atoms in total. The minimum atomic E-state index is -5.72. The molecule has 0 aliphatic heterocycles. The van der Waals surface area contributed by atoms with Gasteiger partial charge in [-0.15, -0.1) is 0 Å². The van der Waals surface area contributed by atoms with Crippen molar-refractivity contribution < 1.29 is 43.9 Å². The second-order valence-electron chi connectivity index (χ2n) is 3.37. The molecular formula is C9H2F10S. The number of benzene rings is 1. The van der Waals surface area contributed by atoms with Crippen molar-refractivity contribution in [3.8, 4) is 0 Å². The number of hydrogen-bond donors (Lipinski definition) is 0. The van der Waals surface area contributed by atoms with E-state index in [9.17, 15) is 43.9 Å².